The van der Waals surface area contributed by atoms with Crippen LogP contribution < -0.4 is 21.7 Å². The molecule has 3 aromatic rings. The van der Waals surface area contributed by atoms with E-state index >= 15 is 0 Å². The lowest BCUT2D eigenvalue weighted by molar-refractivity contribution is -0.739. The molecule has 1 aromatic heterocycles. The van der Waals surface area contributed by atoms with Gasteiger partial charge in [0, 0.05) is 36.8 Å². The number of carbonyl (C=O) groups is 1. The van der Waals surface area contributed by atoms with Gasteiger partial charge in [0.1, 0.15) is 11.9 Å². The molecule has 1 saturated heterocycles. The molecule has 5 N–H and O–H groups in total. The number of nitrogens with one attached hydrogen (secondary N) is 3. The van der Waals surface area contributed by atoms with Gasteiger partial charge in [-0.1, -0.05) is 29.5 Å². The highest BCUT2D eigenvalue weighted by Gasteiger charge is 2.30. The molecule has 1 unspecified atom stereocenters. The van der Waals surface area contributed by atoms with Crippen molar-refractivity contribution < 1.29 is 28.2 Å². The van der Waals surface area contributed by atoms with Gasteiger partial charge in [-0.05, 0) is 23.3 Å². The molecule has 0 radical (unpaired) electrons. The molecule has 0 saturated carbocycles. The summed E-state index contributed by atoms with van der Waals surface area (Å²) in [4.78, 5) is 12.2. The maximum absolute atomic E-state index is 15.0. The number of ether oxygens (including phenoxy) is 1. The summed E-state index contributed by atoms with van der Waals surface area (Å²) in [5, 5.41) is 10.7. The standard InChI is InChI=1S/C24H22F3N7O2/c25-20-9-16(7-17-8-19(36-24(17)35)13-34-6-5-29-33-34)22(26)23(27)21(20)15-3-1-14(2-4-15)10-28-11-18-12-30-32-31-18/h1-7,9,12,19,28,30-32H,8,10-11,13H2/p+1. The van der Waals surface area contributed by atoms with Gasteiger partial charge in [0.2, 0.25) is 0 Å². The maximum Gasteiger partial charge on any atom is 0.334 e. The third kappa shape index (κ3) is 5.09. The summed E-state index contributed by atoms with van der Waals surface area (Å²) in [5.41, 5.74) is 9.08. The molecule has 36 heavy (non-hydrogen) atoms. The largest absolute Gasteiger partial charge is 0.457 e. The monoisotopic (exact) mass is 498 g/mol. The van der Waals surface area contributed by atoms with Crippen molar-refractivity contribution in [2.24, 2.45) is 0 Å². The van der Waals surface area contributed by atoms with E-state index in [9.17, 15) is 18.0 Å². The first-order valence-corrected chi connectivity index (χ1v) is 11.2. The molecular formula is C24H23F3N7O2+. The maximum atomic E-state index is 15.0. The molecule has 3 heterocycles. The van der Waals surface area contributed by atoms with Crippen LogP contribution in [0.3, 0.4) is 0 Å². The number of cyclic esters (lactones) is 1. The highest BCUT2D eigenvalue weighted by atomic mass is 19.2. The molecule has 9 nitrogen and oxygen atoms in total. The van der Waals surface area contributed by atoms with Crippen LogP contribution in [0.15, 0.2) is 60.2 Å². The predicted octanol–water partition coefficient (Wildman–Crippen LogP) is 1.28. The van der Waals surface area contributed by atoms with E-state index in [1.165, 1.54) is 10.9 Å². The third-order valence-electron chi connectivity index (χ3n) is 5.85. The predicted molar refractivity (Wildman–Crippen MR) is 122 cm³/mol. The number of rotatable bonds is 8. The van der Waals surface area contributed by atoms with Gasteiger partial charge < -0.3 is 10.1 Å². The van der Waals surface area contributed by atoms with E-state index < -0.39 is 35.1 Å². The molecule has 2 aliphatic heterocycles. The molecule has 12 heteroatoms. The van der Waals surface area contributed by atoms with Crippen molar-refractivity contribution in [2.45, 2.75) is 25.6 Å². The zero-order valence-electron chi connectivity index (χ0n) is 19.0. The molecule has 0 bridgehead atoms. The minimum Gasteiger partial charge on any atom is -0.457 e. The lowest BCUT2D eigenvalue weighted by Gasteiger charge is -2.10. The smallest absolute Gasteiger partial charge is 0.334 e. The summed E-state index contributed by atoms with van der Waals surface area (Å²) in [7, 11) is 0. The number of hydrogen-bond acceptors (Lipinski definition) is 7. The second-order valence-electron chi connectivity index (χ2n) is 8.40. The van der Waals surface area contributed by atoms with Gasteiger partial charge in [0.15, 0.2) is 11.6 Å². The van der Waals surface area contributed by atoms with Gasteiger partial charge in [-0.2, -0.15) is 5.53 Å². The minimum atomic E-state index is -1.32. The van der Waals surface area contributed by atoms with Crippen molar-refractivity contribution in [2.75, 3.05) is 6.54 Å². The first-order chi connectivity index (χ1) is 17.5. The van der Waals surface area contributed by atoms with Crippen LogP contribution in [-0.2, 0) is 22.6 Å². The fourth-order valence-electron chi connectivity index (χ4n) is 4.08. The van der Waals surface area contributed by atoms with E-state index in [2.05, 4.69) is 26.5 Å². The molecule has 2 aliphatic rings. The van der Waals surface area contributed by atoms with Gasteiger partial charge in [-0.15, -0.1) is 5.10 Å². The molecule has 1 fully saturated rings. The van der Waals surface area contributed by atoms with Crippen LogP contribution in [0.2, 0.25) is 0 Å². The Bertz CT molecular complexity index is 1320. The minimum absolute atomic E-state index is 0.125. The van der Waals surface area contributed by atoms with Gasteiger partial charge >= 0.3 is 5.97 Å². The number of carbonyl (C=O) groups excluding carboxylic acids is 1. The summed E-state index contributed by atoms with van der Waals surface area (Å²) in [6.07, 6.45) is 5.69. The summed E-state index contributed by atoms with van der Waals surface area (Å²) in [6.45, 7) is 1.42. The van der Waals surface area contributed by atoms with E-state index in [0.717, 1.165) is 23.4 Å². The third-order valence-corrected chi connectivity index (χ3v) is 5.85. The summed E-state index contributed by atoms with van der Waals surface area (Å²) in [5.74, 6) is -4.15. The number of nitrogens with zero attached hydrogens (tertiary/aromatic N) is 3. The van der Waals surface area contributed by atoms with Crippen molar-refractivity contribution in [1.29, 1.82) is 0 Å². The quantitative estimate of drug-likeness (QED) is 0.160. The Hall–Kier alpha value is -4.16. The Morgan fingerprint density at radius 3 is 2.75 bits per heavy atom. The lowest BCUT2D eigenvalue weighted by Crippen LogP contribution is -2.96. The Kier molecular flexibility index (Phi) is 6.69. The summed E-state index contributed by atoms with van der Waals surface area (Å²) < 4.78 is 51.6. The molecule has 0 amide bonds. The number of aromatic nitrogens is 3. The highest BCUT2D eigenvalue weighted by Crippen LogP contribution is 2.32. The van der Waals surface area contributed by atoms with Crippen LogP contribution in [-0.4, -0.2) is 33.6 Å². The molecule has 2 aromatic carbocycles. The van der Waals surface area contributed by atoms with Crippen molar-refractivity contribution in [1.82, 2.24) is 31.2 Å². The van der Waals surface area contributed by atoms with E-state index in [1.54, 1.807) is 36.0 Å². The van der Waals surface area contributed by atoms with Crippen molar-refractivity contribution in [3.05, 3.63) is 88.8 Å². The fraction of sp³-hybridized carbons (Fsp3) is 0.208. The van der Waals surface area contributed by atoms with Gasteiger partial charge in [0.05, 0.1) is 30.2 Å². The SMILES string of the molecule is O=C1OC(Cn2ccnn2)CC1=Cc1cc(F)c(-c2ccc(CNCC3=CN[NH2+]N3)cc2)c(F)c1F. The highest BCUT2D eigenvalue weighted by molar-refractivity contribution is 5.95. The summed E-state index contributed by atoms with van der Waals surface area (Å²) >= 11 is 0. The average Bonchev–Trinajstić information content (AvgIpc) is 3.63. The fourth-order valence-corrected chi connectivity index (χ4v) is 4.08. The number of quaternary nitrogens is 1. The van der Waals surface area contributed by atoms with Crippen molar-refractivity contribution in [3.63, 3.8) is 0 Å². The number of halogens is 3. The second-order valence-corrected chi connectivity index (χ2v) is 8.40. The molecule has 0 aliphatic carbocycles. The zero-order chi connectivity index (χ0) is 25.1. The summed E-state index contributed by atoms with van der Waals surface area (Å²) in [6, 6.07) is 7.42. The number of hydrogen-bond donors (Lipinski definition) is 4. The van der Waals surface area contributed by atoms with Gasteiger partial charge in [0.25, 0.3) is 0 Å². The van der Waals surface area contributed by atoms with Gasteiger partial charge in [-0.3, -0.25) is 0 Å². The Morgan fingerprint density at radius 1 is 1.19 bits per heavy atom. The number of esters is 1. The van der Waals surface area contributed by atoms with E-state index in [1.807, 2.05) is 6.20 Å². The van der Waals surface area contributed by atoms with Crippen molar-refractivity contribution in [3.8, 4) is 11.1 Å². The molecule has 1 atom stereocenters. The molecular weight excluding hydrogens is 475 g/mol. The normalized spacial score (nSPS) is 18.2. The Balaban J connectivity index is 1.30. The van der Waals surface area contributed by atoms with E-state index in [0.29, 0.717) is 13.1 Å². The van der Waals surface area contributed by atoms with Crippen LogP contribution in [0.1, 0.15) is 17.5 Å². The zero-order valence-corrected chi connectivity index (χ0v) is 19.0. The molecule has 5 rings (SSSR count). The molecule has 0 spiro atoms. The Labute approximate surface area is 204 Å². The first kappa shape index (κ1) is 23.6. The van der Waals surface area contributed by atoms with Crippen molar-refractivity contribution >= 4 is 12.0 Å². The van der Waals surface area contributed by atoms with E-state index in [-0.39, 0.29) is 29.7 Å². The Morgan fingerprint density at radius 2 is 2.03 bits per heavy atom. The van der Waals surface area contributed by atoms with Crippen LogP contribution in [0, 0.1) is 17.5 Å². The van der Waals surface area contributed by atoms with Crippen LogP contribution in [0.4, 0.5) is 13.2 Å². The van der Waals surface area contributed by atoms with Crippen LogP contribution >= 0.6 is 0 Å². The number of benzene rings is 2. The first-order valence-electron chi connectivity index (χ1n) is 11.2. The van der Waals surface area contributed by atoms with E-state index in [4.69, 9.17) is 4.74 Å². The van der Waals surface area contributed by atoms with Crippen LogP contribution in [0.25, 0.3) is 17.2 Å². The topological polar surface area (TPSA) is 110 Å². The number of nitrogens with two attached hydrogens (primary N) is 1. The average molecular weight is 498 g/mol. The van der Waals surface area contributed by atoms with Crippen LogP contribution in [0.5, 0.6) is 0 Å². The second kappa shape index (κ2) is 10.2. The van der Waals surface area contributed by atoms with Gasteiger partial charge in [-0.25, -0.2) is 33.5 Å². The molecule has 186 valence electrons. The lowest BCUT2D eigenvalue weighted by atomic mass is 9.99.